The molecular weight excluding hydrogens is 390 g/mol. The summed E-state index contributed by atoms with van der Waals surface area (Å²) in [6.45, 7) is 1.39. The first-order valence-corrected chi connectivity index (χ1v) is 10.1. The van der Waals surface area contributed by atoms with E-state index in [9.17, 15) is 9.59 Å². The number of rotatable bonds is 8. The second kappa shape index (κ2) is 11.3. The molecule has 0 saturated heterocycles. The van der Waals surface area contributed by atoms with Crippen molar-refractivity contribution in [3.63, 3.8) is 0 Å². The van der Waals surface area contributed by atoms with Crippen molar-refractivity contribution >= 4 is 34.8 Å². The SMILES string of the molecule is CN(CCCNC(=O)Nc1cccc(NC(=O)Nc2ccccc2)c1)c1ccccc1. The van der Waals surface area contributed by atoms with Gasteiger partial charge in [-0.3, -0.25) is 0 Å². The minimum absolute atomic E-state index is 0.284. The van der Waals surface area contributed by atoms with E-state index in [1.165, 1.54) is 0 Å². The average Bonchev–Trinajstić information content (AvgIpc) is 2.78. The number of nitrogens with one attached hydrogen (secondary N) is 4. The maximum Gasteiger partial charge on any atom is 0.323 e. The molecule has 160 valence electrons. The second-order valence-electron chi connectivity index (χ2n) is 7.02. The minimum atomic E-state index is -0.352. The summed E-state index contributed by atoms with van der Waals surface area (Å²) >= 11 is 0. The van der Waals surface area contributed by atoms with Crippen LogP contribution < -0.4 is 26.2 Å². The lowest BCUT2D eigenvalue weighted by Gasteiger charge is -2.19. The molecule has 0 fully saturated rings. The third kappa shape index (κ3) is 7.40. The van der Waals surface area contributed by atoms with E-state index in [-0.39, 0.29) is 12.1 Å². The van der Waals surface area contributed by atoms with Crippen LogP contribution in [0.3, 0.4) is 0 Å². The van der Waals surface area contributed by atoms with Gasteiger partial charge < -0.3 is 26.2 Å². The number of hydrogen-bond acceptors (Lipinski definition) is 3. The van der Waals surface area contributed by atoms with Crippen LogP contribution in [0.5, 0.6) is 0 Å². The summed E-state index contributed by atoms with van der Waals surface area (Å²) in [6.07, 6.45) is 0.820. The quantitative estimate of drug-likeness (QED) is 0.390. The summed E-state index contributed by atoms with van der Waals surface area (Å²) in [5.74, 6) is 0. The minimum Gasteiger partial charge on any atom is -0.375 e. The average molecular weight is 418 g/mol. The highest BCUT2D eigenvalue weighted by Crippen LogP contribution is 2.16. The van der Waals surface area contributed by atoms with Gasteiger partial charge in [0.05, 0.1) is 0 Å². The molecule has 7 nitrogen and oxygen atoms in total. The first kappa shape index (κ1) is 21.7. The summed E-state index contributed by atoms with van der Waals surface area (Å²) in [5, 5.41) is 11.2. The Hall–Kier alpha value is -4.00. The normalized spacial score (nSPS) is 10.1. The number of carbonyl (C=O) groups is 2. The van der Waals surface area contributed by atoms with E-state index in [1.54, 1.807) is 36.4 Å². The Morgan fingerprint density at radius 1 is 0.710 bits per heavy atom. The predicted octanol–water partition coefficient (Wildman–Crippen LogP) is 4.98. The molecule has 0 aliphatic heterocycles. The van der Waals surface area contributed by atoms with Gasteiger partial charge in [0.25, 0.3) is 0 Å². The number of nitrogens with zero attached hydrogens (tertiary/aromatic N) is 1. The third-order valence-electron chi connectivity index (χ3n) is 4.56. The monoisotopic (exact) mass is 417 g/mol. The highest BCUT2D eigenvalue weighted by Gasteiger charge is 2.06. The fourth-order valence-electron chi connectivity index (χ4n) is 2.99. The molecule has 3 rings (SSSR count). The zero-order chi connectivity index (χ0) is 21.9. The summed E-state index contributed by atoms with van der Waals surface area (Å²) in [4.78, 5) is 26.4. The van der Waals surface area contributed by atoms with Crippen molar-refractivity contribution in [2.24, 2.45) is 0 Å². The molecule has 0 spiro atoms. The smallest absolute Gasteiger partial charge is 0.323 e. The largest absolute Gasteiger partial charge is 0.375 e. The maximum atomic E-state index is 12.2. The summed E-state index contributed by atoms with van der Waals surface area (Å²) < 4.78 is 0. The molecule has 0 heterocycles. The molecular formula is C24H27N5O2. The van der Waals surface area contributed by atoms with Gasteiger partial charge in [0.1, 0.15) is 0 Å². The van der Waals surface area contributed by atoms with Crippen LogP contribution in [0.2, 0.25) is 0 Å². The first-order chi connectivity index (χ1) is 15.1. The Labute approximate surface area is 182 Å². The molecule has 0 aromatic heterocycles. The molecule has 0 aliphatic carbocycles. The van der Waals surface area contributed by atoms with Gasteiger partial charge in [0, 0.05) is 42.9 Å². The van der Waals surface area contributed by atoms with Crippen LogP contribution in [0.25, 0.3) is 0 Å². The highest BCUT2D eigenvalue weighted by molar-refractivity contribution is 6.00. The highest BCUT2D eigenvalue weighted by atomic mass is 16.2. The molecule has 0 aliphatic rings. The number of benzene rings is 3. The van der Waals surface area contributed by atoms with Crippen molar-refractivity contribution in [3.05, 3.63) is 84.9 Å². The van der Waals surface area contributed by atoms with Crippen LogP contribution in [0.1, 0.15) is 6.42 Å². The third-order valence-corrected chi connectivity index (χ3v) is 4.56. The number of hydrogen-bond donors (Lipinski definition) is 4. The van der Waals surface area contributed by atoms with E-state index in [4.69, 9.17) is 0 Å². The number of anilines is 4. The van der Waals surface area contributed by atoms with Crippen LogP contribution in [0.15, 0.2) is 84.9 Å². The zero-order valence-electron chi connectivity index (χ0n) is 17.5. The van der Waals surface area contributed by atoms with E-state index in [0.717, 1.165) is 18.7 Å². The number of carbonyl (C=O) groups excluding carboxylic acids is 2. The Kier molecular flexibility index (Phi) is 7.88. The van der Waals surface area contributed by atoms with Gasteiger partial charge in [-0.15, -0.1) is 0 Å². The van der Waals surface area contributed by atoms with Crippen molar-refractivity contribution in [1.29, 1.82) is 0 Å². The fourth-order valence-corrected chi connectivity index (χ4v) is 2.99. The lowest BCUT2D eigenvalue weighted by molar-refractivity contribution is 0.252. The molecule has 4 amide bonds. The lowest BCUT2D eigenvalue weighted by Crippen LogP contribution is -2.31. The number of urea groups is 2. The van der Waals surface area contributed by atoms with Gasteiger partial charge in [-0.05, 0) is 48.9 Å². The van der Waals surface area contributed by atoms with E-state index >= 15 is 0 Å². The van der Waals surface area contributed by atoms with Gasteiger partial charge in [-0.1, -0.05) is 42.5 Å². The van der Waals surface area contributed by atoms with Crippen molar-refractivity contribution in [2.75, 3.05) is 41.0 Å². The molecule has 0 bridgehead atoms. The van der Waals surface area contributed by atoms with Crippen molar-refractivity contribution < 1.29 is 9.59 Å². The molecule has 7 heteroatoms. The van der Waals surface area contributed by atoms with Crippen molar-refractivity contribution in [1.82, 2.24) is 5.32 Å². The van der Waals surface area contributed by atoms with Crippen molar-refractivity contribution in [3.8, 4) is 0 Å². The number of para-hydroxylation sites is 2. The van der Waals surface area contributed by atoms with Gasteiger partial charge in [-0.25, -0.2) is 9.59 Å². The van der Waals surface area contributed by atoms with E-state index in [0.29, 0.717) is 23.6 Å². The molecule has 31 heavy (non-hydrogen) atoms. The Morgan fingerprint density at radius 3 is 1.94 bits per heavy atom. The van der Waals surface area contributed by atoms with Crippen LogP contribution in [0.4, 0.5) is 32.3 Å². The fraction of sp³-hybridized carbons (Fsp3) is 0.167. The first-order valence-electron chi connectivity index (χ1n) is 10.1. The number of amides is 4. The Bertz CT molecular complexity index is 980. The predicted molar refractivity (Wildman–Crippen MR) is 127 cm³/mol. The Balaban J connectivity index is 1.40. The van der Waals surface area contributed by atoms with Gasteiger partial charge in [-0.2, -0.15) is 0 Å². The molecule has 0 unspecified atom stereocenters. The van der Waals surface area contributed by atoms with Gasteiger partial charge >= 0.3 is 12.1 Å². The van der Waals surface area contributed by atoms with E-state index in [2.05, 4.69) is 38.3 Å². The molecule has 3 aromatic carbocycles. The zero-order valence-corrected chi connectivity index (χ0v) is 17.5. The second-order valence-corrected chi connectivity index (χ2v) is 7.02. The van der Waals surface area contributed by atoms with Crippen LogP contribution in [-0.4, -0.2) is 32.2 Å². The molecule has 0 saturated carbocycles. The molecule has 0 radical (unpaired) electrons. The van der Waals surface area contributed by atoms with Crippen LogP contribution in [-0.2, 0) is 0 Å². The summed E-state index contributed by atoms with van der Waals surface area (Å²) in [6, 6.07) is 25.7. The molecule has 4 N–H and O–H groups in total. The van der Waals surface area contributed by atoms with Gasteiger partial charge in [0.2, 0.25) is 0 Å². The van der Waals surface area contributed by atoms with Crippen molar-refractivity contribution in [2.45, 2.75) is 6.42 Å². The lowest BCUT2D eigenvalue weighted by atomic mass is 10.2. The summed E-state index contributed by atoms with van der Waals surface area (Å²) in [7, 11) is 2.03. The molecule has 0 atom stereocenters. The van der Waals surface area contributed by atoms with Crippen LogP contribution in [0, 0.1) is 0 Å². The van der Waals surface area contributed by atoms with E-state index < -0.39 is 0 Å². The summed E-state index contributed by atoms with van der Waals surface area (Å²) in [5.41, 5.74) is 3.02. The standard InChI is InChI=1S/C24H27N5O2/c1-29(22-14-6-3-7-15-22)17-9-16-25-23(30)27-20-12-8-13-21(18-20)28-24(31)26-19-10-4-2-5-11-19/h2-8,10-15,18H,9,16-17H2,1H3,(H2,25,27,30)(H2,26,28,31). The van der Waals surface area contributed by atoms with Gasteiger partial charge in [0.15, 0.2) is 0 Å². The Morgan fingerprint density at radius 2 is 1.26 bits per heavy atom. The molecule has 3 aromatic rings. The van der Waals surface area contributed by atoms with E-state index in [1.807, 2.05) is 43.4 Å². The maximum absolute atomic E-state index is 12.2. The topological polar surface area (TPSA) is 85.5 Å². The van der Waals surface area contributed by atoms with Crippen LogP contribution >= 0.6 is 0 Å².